The monoisotopic (exact) mass is 284 g/mol. The van der Waals surface area contributed by atoms with E-state index in [0.717, 1.165) is 31.2 Å². The van der Waals surface area contributed by atoms with Crippen molar-refractivity contribution in [2.24, 2.45) is 5.92 Å². The second kappa shape index (κ2) is 6.30. The van der Waals surface area contributed by atoms with Crippen LogP contribution in [0, 0.1) is 17.2 Å². The summed E-state index contributed by atoms with van der Waals surface area (Å²) in [5, 5.41) is 9.30. The fourth-order valence-electron chi connectivity index (χ4n) is 2.83. The number of carbonyl (C=O) groups is 1. The smallest absolute Gasteiger partial charge is 0.228 e. The van der Waals surface area contributed by atoms with E-state index < -0.39 is 5.54 Å². The number of amides is 1. The van der Waals surface area contributed by atoms with E-state index in [0.29, 0.717) is 12.3 Å². The highest BCUT2D eigenvalue weighted by molar-refractivity contribution is 5.80. The first-order chi connectivity index (χ1) is 9.97. The van der Waals surface area contributed by atoms with E-state index in [1.807, 2.05) is 12.1 Å². The number of carbonyl (C=O) groups excluding carboxylic acids is 1. The molecule has 0 N–H and O–H groups in total. The molecule has 1 saturated carbocycles. The Morgan fingerprint density at radius 1 is 1.29 bits per heavy atom. The lowest BCUT2D eigenvalue weighted by atomic mass is 9.76. The Bertz CT molecular complexity index is 535. The number of hydrogen-bond donors (Lipinski definition) is 0. The molecular formula is C18H24N2O. The Morgan fingerprint density at radius 2 is 1.86 bits per heavy atom. The highest BCUT2D eigenvalue weighted by atomic mass is 16.2. The molecule has 0 aliphatic heterocycles. The van der Waals surface area contributed by atoms with Gasteiger partial charge in [0.15, 0.2) is 0 Å². The Morgan fingerprint density at radius 3 is 2.29 bits per heavy atom. The number of rotatable bonds is 5. The van der Waals surface area contributed by atoms with Crippen LogP contribution in [-0.2, 0) is 17.6 Å². The number of likely N-dealkylation sites (N-methyl/N-ethyl adjacent to an activating group) is 1. The summed E-state index contributed by atoms with van der Waals surface area (Å²) in [5.41, 5.74) is 1.78. The van der Waals surface area contributed by atoms with Crippen molar-refractivity contribution in [2.45, 2.75) is 51.5 Å². The van der Waals surface area contributed by atoms with Crippen LogP contribution < -0.4 is 0 Å². The Labute approximate surface area is 127 Å². The minimum atomic E-state index is -0.547. The number of nitriles is 1. The largest absolute Gasteiger partial charge is 0.327 e. The van der Waals surface area contributed by atoms with Crippen molar-refractivity contribution < 1.29 is 4.79 Å². The molecule has 2 rings (SSSR count). The zero-order valence-corrected chi connectivity index (χ0v) is 13.2. The standard InChI is InChI=1S/C18H24N2O/c1-14(2)11-15-5-7-16(8-6-15)12-17(21)20(3)18(13-19)9-4-10-18/h5-8,14H,4,9-12H2,1-3H3. The van der Waals surface area contributed by atoms with E-state index in [4.69, 9.17) is 0 Å². The molecule has 0 unspecified atom stereocenters. The van der Waals surface area contributed by atoms with Gasteiger partial charge < -0.3 is 4.90 Å². The minimum Gasteiger partial charge on any atom is -0.327 e. The summed E-state index contributed by atoms with van der Waals surface area (Å²) < 4.78 is 0. The van der Waals surface area contributed by atoms with E-state index in [9.17, 15) is 10.1 Å². The summed E-state index contributed by atoms with van der Waals surface area (Å²) in [6.45, 7) is 4.40. The van der Waals surface area contributed by atoms with Crippen LogP contribution in [0.1, 0.15) is 44.2 Å². The first kappa shape index (κ1) is 15.6. The van der Waals surface area contributed by atoms with Crippen molar-refractivity contribution in [2.75, 3.05) is 7.05 Å². The Balaban J connectivity index is 1.98. The van der Waals surface area contributed by atoms with Crippen molar-refractivity contribution in [3.63, 3.8) is 0 Å². The minimum absolute atomic E-state index is 0.0351. The summed E-state index contributed by atoms with van der Waals surface area (Å²) in [6.07, 6.45) is 4.08. The summed E-state index contributed by atoms with van der Waals surface area (Å²) >= 11 is 0. The van der Waals surface area contributed by atoms with Crippen LogP contribution in [0.25, 0.3) is 0 Å². The fourth-order valence-corrected chi connectivity index (χ4v) is 2.83. The van der Waals surface area contributed by atoms with Gasteiger partial charge in [0.2, 0.25) is 5.91 Å². The third kappa shape index (κ3) is 3.44. The second-order valence-corrected chi connectivity index (χ2v) is 6.54. The van der Waals surface area contributed by atoms with E-state index in [1.165, 1.54) is 5.56 Å². The van der Waals surface area contributed by atoms with Crippen LogP contribution in [0.2, 0.25) is 0 Å². The van der Waals surface area contributed by atoms with E-state index in [1.54, 1.807) is 11.9 Å². The summed E-state index contributed by atoms with van der Waals surface area (Å²) in [6, 6.07) is 10.6. The molecule has 0 atom stereocenters. The van der Waals surface area contributed by atoms with Gasteiger partial charge >= 0.3 is 0 Å². The maximum Gasteiger partial charge on any atom is 0.228 e. The maximum atomic E-state index is 12.3. The molecule has 1 fully saturated rings. The quantitative estimate of drug-likeness (QED) is 0.832. The lowest BCUT2D eigenvalue weighted by Gasteiger charge is -2.43. The Kier molecular flexibility index (Phi) is 4.67. The molecule has 0 heterocycles. The van der Waals surface area contributed by atoms with Crippen LogP contribution in [0.5, 0.6) is 0 Å². The van der Waals surface area contributed by atoms with Crippen LogP contribution in [0.3, 0.4) is 0 Å². The van der Waals surface area contributed by atoms with Gasteiger partial charge in [0.05, 0.1) is 12.5 Å². The van der Waals surface area contributed by atoms with Crippen LogP contribution in [0.4, 0.5) is 0 Å². The molecule has 0 spiro atoms. The van der Waals surface area contributed by atoms with Gasteiger partial charge in [-0.25, -0.2) is 0 Å². The molecule has 1 aliphatic carbocycles. The molecule has 0 radical (unpaired) electrons. The molecule has 1 aromatic carbocycles. The Hall–Kier alpha value is -1.82. The summed E-state index contributed by atoms with van der Waals surface area (Å²) in [7, 11) is 1.76. The van der Waals surface area contributed by atoms with Gasteiger partial charge in [-0.05, 0) is 42.7 Å². The van der Waals surface area contributed by atoms with Gasteiger partial charge in [-0.15, -0.1) is 0 Å². The van der Waals surface area contributed by atoms with E-state index in [-0.39, 0.29) is 5.91 Å². The van der Waals surface area contributed by atoms with Crippen LogP contribution >= 0.6 is 0 Å². The molecule has 0 aromatic heterocycles. The van der Waals surface area contributed by atoms with Gasteiger partial charge in [-0.2, -0.15) is 5.26 Å². The van der Waals surface area contributed by atoms with Crippen molar-refractivity contribution in [3.05, 3.63) is 35.4 Å². The highest BCUT2D eigenvalue weighted by Crippen LogP contribution is 2.36. The normalized spacial score (nSPS) is 16.1. The van der Waals surface area contributed by atoms with Crippen molar-refractivity contribution in [1.29, 1.82) is 5.26 Å². The maximum absolute atomic E-state index is 12.3. The fraction of sp³-hybridized carbons (Fsp3) is 0.556. The molecule has 1 aliphatic rings. The lowest BCUT2D eigenvalue weighted by Crippen LogP contribution is -2.53. The molecule has 1 amide bonds. The van der Waals surface area contributed by atoms with Gasteiger partial charge in [-0.1, -0.05) is 38.1 Å². The second-order valence-electron chi connectivity index (χ2n) is 6.54. The topological polar surface area (TPSA) is 44.1 Å². The van der Waals surface area contributed by atoms with Gasteiger partial charge in [0.1, 0.15) is 5.54 Å². The van der Waals surface area contributed by atoms with Crippen molar-refractivity contribution in [1.82, 2.24) is 4.90 Å². The van der Waals surface area contributed by atoms with E-state index in [2.05, 4.69) is 32.0 Å². The zero-order chi connectivity index (χ0) is 15.5. The first-order valence-electron chi connectivity index (χ1n) is 7.72. The third-order valence-electron chi connectivity index (χ3n) is 4.43. The lowest BCUT2D eigenvalue weighted by molar-refractivity contribution is -0.135. The van der Waals surface area contributed by atoms with Crippen LogP contribution in [-0.4, -0.2) is 23.4 Å². The SMILES string of the molecule is CC(C)Cc1ccc(CC(=O)N(C)C2(C#N)CCC2)cc1. The number of hydrogen-bond acceptors (Lipinski definition) is 2. The summed E-state index contributed by atoms with van der Waals surface area (Å²) in [4.78, 5) is 14.0. The van der Waals surface area contributed by atoms with Gasteiger partial charge in [0.25, 0.3) is 0 Å². The predicted octanol–water partition coefficient (Wildman–Crippen LogP) is 3.33. The predicted molar refractivity (Wildman–Crippen MR) is 83.7 cm³/mol. The molecule has 0 bridgehead atoms. The molecule has 21 heavy (non-hydrogen) atoms. The number of nitrogens with zero attached hydrogens (tertiary/aromatic N) is 2. The number of benzene rings is 1. The first-order valence-corrected chi connectivity index (χ1v) is 7.72. The van der Waals surface area contributed by atoms with Gasteiger partial charge in [-0.3, -0.25) is 4.79 Å². The highest BCUT2D eigenvalue weighted by Gasteiger charge is 2.43. The van der Waals surface area contributed by atoms with E-state index >= 15 is 0 Å². The van der Waals surface area contributed by atoms with Gasteiger partial charge in [0, 0.05) is 7.05 Å². The molecule has 112 valence electrons. The van der Waals surface area contributed by atoms with Crippen molar-refractivity contribution in [3.8, 4) is 6.07 Å². The van der Waals surface area contributed by atoms with Crippen LogP contribution in [0.15, 0.2) is 24.3 Å². The average Bonchev–Trinajstić information content (AvgIpc) is 2.39. The third-order valence-corrected chi connectivity index (χ3v) is 4.43. The molecule has 0 saturated heterocycles. The zero-order valence-electron chi connectivity index (χ0n) is 13.2. The molecule has 3 heteroatoms. The molecule has 3 nitrogen and oxygen atoms in total. The average molecular weight is 284 g/mol. The summed E-state index contributed by atoms with van der Waals surface area (Å²) in [5.74, 6) is 0.672. The molecular weight excluding hydrogens is 260 g/mol. The molecule has 1 aromatic rings. The van der Waals surface area contributed by atoms with Crippen molar-refractivity contribution >= 4 is 5.91 Å².